The molecule has 0 spiro atoms. The van der Waals surface area contributed by atoms with Crippen molar-refractivity contribution in [1.82, 2.24) is 10.6 Å². The molecule has 1 heterocycles. The third-order valence-corrected chi connectivity index (χ3v) is 4.72. The van der Waals surface area contributed by atoms with Crippen LogP contribution in [0.15, 0.2) is 47.5 Å². The fourth-order valence-electron chi connectivity index (χ4n) is 3.18. The van der Waals surface area contributed by atoms with Gasteiger partial charge in [-0.25, -0.2) is 8.78 Å². The van der Waals surface area contributed by atoms with Gasteiger partial charge in [0.1, 0.15) is 0 Å². The highest BCUT2D eigenvalue weighted by Crippen LogP contribution is 2.21. The minimum atomic E-state index is -0.834. The molecule has 1 saturated heterocycles. The van der Waals surface area contributed by atoms with Crippen molar-refractivity contribution in [2.24, 2.45) is 4.99 Å². The number of benzene rings is 2. The summed E-state index contributed by atoms with van der Waals surface area (Å²) in [5.74, 6) is -0.885. The van der Waals surface area contributed by atoms with E-state index >= 15 is 0 Å². The topological polar surface area (TPSA) is 56.7 Å². The van der Waals surface area contributed by atoms with E-state index in [1.54, 1.807) is 13.1 Å². The average Bonchev–Trinajstić information content (AvgIpc) is 3.14. The maximum Gasteiger partial charge on any atom is 0.227 e. The molecule has 8 heteroatoms. The number of nitrogens with one attached hydrogen (secondary N) is 2. The summed E-state index contributed by atoms with van der Waals surface area (Å²) in [6.45, 7) is 1.76. The second-order valence-corrected chi connectivity index (χ2v) is 6.63. The van der Waals surface area contributed by atoms with Crippen LogP contribution in [0.5, 0.6) is 0 Å². The van der Waals surface area contributed by atoms with Gasteiger partial charge in [-0.05, 0) is 42.2 Å². The van der Waals surface area contributed by atoms with Crippen molar-refractivity contribution in [3.63, 3.8) is 0 Å². The first kappa shape index (κ1) is 23.1. The molecule has 0 unspecified atom stereocenters. The van der Waals surface area contributed by atoms with E-state index in [-0.39, 0.29) is 29.9 Å². The summed E-state index contributed by atoms with van der Waals surface area (Å²) in [5.41, 5.74) is 2.30. The first-order valence-electron chi connectivity index (χ1n) is 9.35. The van der Waals surface area contributed by atoms with Crippen molar-refractivity contribution in [2.75, 3.05) is 25.0 Å². The minimum Gasteiger partial charge on any atom is -0.356 e. The van der Waals surface area contributed by atoms with Crippen LogP contribution in [0.1, 0.15) is 24.0 Å². The van der Waals surface area contributed by atoms with Crippen molar-refractivity contribution in [3.8, 4) is 0 Å². The normalized spacial score (nSPS) is 14.0. The molecule has 156 valence electrons. The standard InChI is InChI=1S/C21H24F2N4O.HI/c1-24-21(25-12-11-16-4-2-5-18(22)20(16)23)26-14-15-7-9-17(10-8-15)27-13-3-6-19(27)28;/h2,4-5,7-10H,3,6,11-14H2,1H3,(H2,24,25,26);1H. The summed E-state index contributed by atoms with van der Waals surface area (Å²) >= 11 is 0. The second kappa shape index (κ2) is 11.1. The maximum absolute atomic E-state index is 13.7. The Balaban J connectivity index is 0.00000300. The molecule has 0 bridgehead atoms. The number of hydrogen-bond donors (Lipinski definition) is 2. The van der Waals surface area contributed by atoms with Gasteiger partial charge in [-0.15, -0.1) is 24.0 Å². The molecule has 29 heavy (non-hydrogen) atoms. The van der Waals surface area contributed by atoms with Crippen LogP contribution in [-0.4, -0.2) is 32.0 Å². The van der Waals surface area contributed by atoms with Crippen molar-refractivity contribution in [2.45, 2.75) is 25.8 Å². The number of anilines is 1. The van der Waals surface area contributed by atoms with Crippen LogP contribution in [-0.2, 0) is 17.8 Å². The number of carbonyl (C=O) groups excluding carboxylic acids is 1. The van der Waals surface area contributed by atoms with Gasteiger partial charge in [0.05, 0.1) is 0 Å². The average molecular weight is 514 g/mol. The molecule has 2 aromatic rings. The zero-order chi connectivity index (χ0) is 19.9. The van der Waals surface area contributed by atoms with Crippen LogP contribution in [0.4, 0.5) is 14.5 Å². The Morgan fingerprint density at radius 1 is 1.14 bits per heavy atom. The van der Waals surface area contributed by atoms with E-state index in [2.05, 4.69) is 15.6 Å². The van der Waals surface area contributed by atoms with Gasteiger partial charge >= 0.3 is 0 Å². The molecule has 3 rings (SSSR count). The van der Waals surface area contributed by atoms with Crippen LogP contribution < -0.4 is 15.5 Å². The molecule has 1 fully saturated rings. The Hall–Kier alpha value is -2.23. The molecule has 0 atom stereocenters. The number of nitrogens with zero attached hydrogens (tertiary/aromatic N) is 2. The predicted molar refractivity (Wildman–Crippen MR) is 122 cm³/mol. The molecule has 0 aromatic heterocycles. The van der Waals surface area contributed by atoms with Gasteiger partial charge in [0, 0.05) is 38.8 Å². The van der Waals surface area contributed by atoms with E-state index in [4.69, 9.17) is 0 Å². The molecule has 2 N–H and O–H groups in total. The molecule has 2 aromatic carbocycles. The van der Waals surface area contributed by atoms with Crippen LogP contribution in [0.3, 0.4) is 0 Å². The highest BCUT2D eigenvalue weighted by molar-refractivity contribution is 14.0. The lowest BCUT2D eigenvalue weighted by Crippen LogP contribution is -2.37. The van der Waals surface area contributed by atoms with Crippen molar-refractivity contribution in [1.29, 1.82) is 0 Å². The third kappa shape index (κ3) is 6.12. The van der Waals surface area contributed by atoms with E-state index in [0.717, 1.165) is 30.3 Å². The highest BCUT2D eigenvalue weighted by atomic mass is 127. The molecular formula is C21H25F2IN4O. The smallest absolute Gasteiger partial charge is 0.227 e. The summed E-state index contributed by atoms with van der Waals surface area (Å²) in [4.78, 5) is 17.7. The number of hydrogen-bond acceptors (Lipinski definition) is 2. The van der Waals surface area contributed by atoms with E-state index in [1.807, 2.05) is 29.2 Å². The molecule has 0 saturated carbocycles. The Labute approximate surface area is 186 Å². The Morgan fingerprint density at radius 2 is 1.90 bits per heavy atom. The summed E-state index contributed by atoms with van der Waals surface area (Å²) in [5, 5.41) is 6.28. The number of rotatable bonds is 6. The van der Waals surface area contributed by atoms with Crippen molar-refractivity contribution in [3.05, 3.63) is 65.2 Å². The summed E-state index contributed by atoms with van der Waals surface area (Å²) in [6, 6.07) is 12.0. The molecule has 5 nitrogen and oxygen atoms in total. The molecule has 1 aliphatic heterocycles. The van der Waals surface area contributed by atoms with Crippen LogP contribution >= 0.6 is 24.0 Å². The molecular weight excluding hydrogens is 489 g/mol. The summed E-state index contributed by atoms with van der Waals surface area (Å²) in [6.07, 6.45) is 1.87. The lowest BCUT2D eigenvalue weighted by molar-refractivity contribution is -0.117. The largest absolute Gasteiger partial charge is 0.356 e. The number of guanidine groups is 1. The van der Waals surface area contributed by atoms with Crippen molar-refractivity contribution < 1.29 is 13.6 Å². The highest BCUT2D eigenvalue weighted by Gasteiger charge is 2.21. The zero-order valence-electron chi connectivity index (χ0n) is 16.3. The fraction of sp³-hybridized carbons (Fsp3) is 0.333. The lowest BCUT2D eigenvalue weighted by Gasteiger charge is -2.16. The Morgan fingerprint density at radius 3 is 2.55 bits per heavy atom. The summed E-state index contributed by atoms with van der Waals surface area (Å²) in [7, 11) is 1.65. The van der Waals surface area contributed by atoms with E-state index in [9.17, 15) is 13.6 Å². The predicted octanol–water partition coefficient (Wildman–Crippen LogP) is 3.62. The van der Waals surface area contributed by atoms with Crippen LogP contribution in [0, 0.1) is 11.6 Å². The van der Waals surface area contributed by atoms with E-state index < -0.39 is 11.6 Å². The molecule has 0 aliphatic carbocycles. The lowest BCUT2D eigenvalue weighted by atomic mass is 10.1. The minimum absolute atomic E-state index is 0. The molecule has 0 radical (unpaired) electrons. The fourth-order valence-corrected chi connectivity index (χ4v) is 3.18. The number of halogens is 3. The second-order valence-electron chi connectivity index (χ2n) is 6.63. The number of aliphatic imine (C=N–C) groups is 1. The van der Waals surface area contributed by atoms with Gasteiger partial charge in [0.15, 0.2) is 17.6 Å². The van der Waals surface area contributed by atoms with Crippen LogP contribution in [0.2, 0.25) is 0 Å². The Kier molecular flexibility index (Phi) is 8.81. The van der Waals surface area contributed by atoms with Gasteiger partial charge in [-0.2, -0.15) is 0 Å². The zero-order valence-corrected chi connectivity index (χ0v) is 18.6. The van der Waals surface area contributed by atoms with Gasteiger partial charge in [-0.1, -0.05) is 24.3 Å². The molecule has 1 aliphatic rings. The number of amides is 1. The van der Waals surface area contributed by atoms with Crippen LogP contribution in [0.25, 0.3) is 0 Å². The monoisotopic (exact) mass is 514 g/mol. The van der Waals surface area contributed by atoms with E-state index in [1.165, 1.54) is 6.07 Å². The van der Waals surface area contributed by atoms with Gasteiger partial charge in [0.2, 0.25) is 5.91 Å². The SMILES string of the molecule is CN=C(NCCc1cccc(F)c1F)NCc1ccc(N2CCCC2=O)cc1.I. The molecule has 1 amide bonds. The quantitative estimate of drug-likeness (QED) is 0.352. The first-order valence-corrected chi connectivity index (χ1v) is 9.35. The van der Waals surface area contributed by atoms with Gasteiger partial charge in [0.25, 0.3) is 0 Å². The summed E-state index contributed by atoms with van der Waals surface area (Å²) < 4.78 is 26.9. The first-order chi connectivity index (χ1) is 13.6. The van der Waals surface area contributed by atoms with Gasteiger partial charge < -0.3 is 15.5 Å². The van der Waals surface area contributed by atoms with Crippen molar-refractivity contribution >= 4 is 41.5 Å². The number of carbonyl (C=O) groups is 1. The third-order valence-electron chi connectivity index (χ3n) is 4.72. The Bertz CT molecular complexity index is 858. The van der Waals surface area contributed by atoms with E-state index in [0.29, 0.717) is 37.5 Å². The maximum atomic E-state index is 13.7. The van der Waals surface area contributed by atoms with Gasteiger partial charge in [-0.3, -0.25) is 9.79 Å².